The van der Waals surface area contributed by atoms with Crippen molar-refractivity contribution in [3.8, 4) is 0 Å². The maximum atomic E-state index is 13.4. The minimum absolute atomic E-state index is 0.0255. The fraction of sp³-hybridized carbons (Fsp3) is 0.524. The van der Waals surface area contributed by atoms with E-state index in [9.17, 15) is 18.0 Å². The maximum Gasteiger partial charge on any atom is 0.416 e. The van der Waals surface area contributed by atoms with Gasteiger partial charge in [0, 0.05) is 51.7 Å². The zero-order valence-corrected chi connectivity index (χ0v) is 17.6. The second-order valence-electron chi connectivity index (χ2n) is 7.34. The molecule has 170 valence electrons. The fourth-order valence-electron chi connectivity index (χ4n) is 3.53. The molecule has 3 rings (SSSR count). The normalized spacial score (nSPS) is 15.1. The fourth-order valence-corrected chi connectivity index (χ4v) is 3.53. The first-order valence-corrected chi connectivity index (χ1v) is 10.4. The number of nitrogens with one attached hydrogen (secondary N) is 1. The van der Waals surface area contributed by atoms with Crippen LogP contribution in [0.15, 0.2) is 36.7 Å². The van der Waals surface area contributed by atoms with E-state index in [0.717, 1.165) is 19.2 Å². The Morgan fingerprint density at radius 3 is 2.71 bits per heavy atom. The van der Waals surface area contributed by atoms with Crippen LogP contribution in [-0.2, 0) is 24.0 Å². The van der Waals surface area contributed by atoms with Crippen LogP contribution in [0.4, 0.5) is 18.0 Å². The predicted octanol–water partition coefficient (Wildman–Crippen LogP) is 2.81. The number of amides is 2. The summed E-state index contributed by atoms with van der Waals surface area (Å²) in [7, 11) is 0. The summed E-state index contributed by atoms with van der Waals surface area (Å²) in [6.45, 7) is 6.70. The first-order valence-electron chi connectivity index (χ1n) is 10.4. The second kappa shape index (κ2) is 10.6. The molecule has 0 saturated carbocycles. The van der Waals surface area contributed by atoms with E-state index < -0.39 is 11.7 Å². The molecule has 2 amide bonds. The number of aromatic nitrogens is 2. The van der Waals surface area contributed by atoms with Crippen molar-refractivity contribution in [2.24, 2.45) is 0 Å². The van der Waals surface area contributed by atoms with Gasteiger partial charge in [0.2, 0.25) is 0 Å². The molecule has 31 heavy (non-hydrogen) atoms. The predicted molar refractivity (Wildman–Crippen MR) is 110 cm³/mol. The topological polar surface area (TPSA) is 62.6 Å². The molecule has 1 fully saturated rings. The molecule has 0 radical (unpaired) electrons. The van der Waals surface area contributed by atoms with E-state index in [-0.39, 0.29) is 24.7 Å². The molecule has 2 heterocycles. The number of benzene rings is 1. The Labute approximate surface area is 179 Å². The van der Waals surface area contributed by atoms with Gasteiger partial charge in [-0.25, -0.2) is 9.78 Å². The molecule has 0 atom stereocenters. The Bertz CT molecular complexity index is 850. The molecule has 2 aromatic rings. The van der Waals surface area contributed by atoms with Crippen molar-refractivity contribution in [2.45, 2.75) is 26.2 Å². The number of imidazole rings is 1. The minimum atomic E-state index is -4.43. The van der Waals surface area contributed by atoms with Gasteiger partial charge in [0.25, 0.3) is 0 Å². The number of carbonyl (C=O) groups is 1. The van der Waals surface area contributed by atoms with Crippen molar-refractivity contribution in [3.63, 3.8) is 0 Å². The monoisotopic (exact) mass is 439 g/mol. The van der Waals surface area contributed by atoms with E-state index in [0.29, 0.717) is 38.7 Å². The Morgan fingerprint density at radius 2 is 2.00 bits per heavy atom. The average Bonchev–Trinajstić information content (AvgIpc) is 3.18. The standard InChI is InChI=1S/C21H28F3N5O2/c1-2-25-20(30)29(10-9-27-11-13-31-14-12-27)16-19-26-7-8-28(19)15-17-5-3-4-6-18(17)21(22,23)24/h3-8H,2,9-16H2,1H3,(H,25,30). The number of halogens is 3. The first kappa shape index (κ1) is 23.1. The van der Waals surface area contributed by atoms with E-state index in [1.807, 2.05) is 6.92 Å². The number of hydrogen-bond donors (Lipinski definition) is 1. The second-order valence-corrected chi connectivity index (χ2v) is 7.34. The molecule has 1 saturated heterocycles. The van der Waals surface area contributed by atoms with Crippen LogP contribution in [0.5, 0.6) is 0 Å². The van der Waals surface area contributed by atoms with Crippen LogP contribution in [0.25, 0.3) is 0 Å². The summed E-state index contributed by atoms with van der Waals surface area (Å²) in [5.41, 5.74) is -0.505. The molecular weight excluding hydrogens is 411 g/mol. The number of morpholine rings is 1. The van der Waals surface area contributed by atoms with Gasteiger partial charge in [0.15, 0.2) is 0 Å². The van der Waals surface area contributed by atoms with Gasteiger partial charge in [-0.2, -0.15) is 13.2 Å². The molecule has 7 nitrogen and oxygen atoms in total. The van der Waals surface area contributed by atoms with Crippen molar-refractivity contribution in [1.29, 1.82) is 0 Å². The Kier molecular flexibility index (Phi) is 7.91. The van der Waals surface area contributed by atoms with E-state index in [1.54, 1.807) is 27.9 Å². The molecule has 1 aliphatic rings. The SMILES string of the molecule is CCNC(=O)N(CCN1CCOCC1)Cc1nccn1Cc1ccccc1C(F)(F)F. The van der Waals surface area contributed by atoms with Crippen LogP contribution in [0.2, 0.25) is 0 Å². The van der Waals surface area contributed by atoms with Gasteiger partial charge in [0.05, 0.1) is 25.3 Å². The van der Waals surface area contributed by atoms with Crippen LogP contribution in [0, 0.1) is 0 Å². The van der Waals surface area contributed by atoms with Gasteiger partial charge in [-0.1, -0.05) is 18.2 Å². The molecule has 0 aliphatic carbocycles. The molecule has 10 heteroatoms. The van der Waals surface area contributed by atoms with Crippen molar-refractivity contribution in [2.75, 3.05) is 45.9 Å². The maximum absolute atomic E-state index is 13.4. The summed E-state index contributed by atoms with van der Waals surface area (Å²) in [5.74, 6) is 0.533. The van der Waals surface area contributed by atoms with Gasteiger partial charge >= 0.3 is 12.2 Å². The Morgan fingerprint density at radius 1 is 1.26 bits per heavy atom. The minimum Gasteiger partial charge on any atom is -0.379 e. The lowest BCUT2D eigenvalue weighted by atomic mass is 10.1. The van der Waals surface area contributed by atoms with Crippen LogP contribution >= 0.6 is 0 Å². The van der Waals surface area contributed by atoms with E-state index in [1.165, 1.54) is 12.1 Å². The summed E-state index contributed by atoms with van der Waals surface area (Å²) >= 11 is 0. The molecule has 0 bridgehead atoms. The zero-order valence-electron chi connectivity index (χ0n) is 17.6. The molecule has 1 aliphatic heterocycles. The molecule has 0 unspecified atom stereocenters. The lowest BCUT2D eigenvalue weighted by Crippen LogP contribution is -2.46. The third-order valence-electron chi connectivity index (χ3n) is 5.20. The van der Waals surface area contributed by atoms with E-state index >= 15 is 0 Å². The van der Waals surface area contributed by atoms with E-state index in [4.69, 9.17) is 4.74 Å². The van der Waals surface area contributed by atoms with Crippen molar-refractivity contribution < 1.29 is 22.7 Å². The molecule has 1 N–H and O–H groups in total. The molecule has 1 aromatic carbocycles. The highest BCUT2D eigenvalue weighted by atomic mass is 19.4. The number of hydrogen-bond acceptors (Lipinski definition) is 4. The summed E-state index contributed by atoms with van der Waals surface area (Å²) in [5, 5.41) is 2.80. The quantitative estimate of drug-likeness (QED) is 0.687. The summed E-state index contributed by atoms with van der Waals surface area (Å²) in [4.78, 5) is 20.8. The van der Waals surface area contributed by atoms with Gasteiger partial charge in [0.1, 0.15) is 5.82 Å². The number of urea groups is 1. The molecule has 0 spiro atoms. The first-order chi connectivity index (χ1) is 14.9. The number of nitrogens with zero attached hydrogens (tertiary/aromatic N) is 4. The van der Waals surface area contributed by atoms with Gasteiger partial charge in [-0.15, -0.1) is 0 Å². The van der Waals surface area contributed by atoms with E-state index in [2.05, 4.69) is 15.2 Å². The summed E-state index contributed by atoms with van der Waals surface area (Å²) < 4.78 is 47.1. The van der Waals surface area contributed by atoms with Crippen molar-refractivity contribution >= 4 is 6.03 Å². The Hall–Kier alpha value is -2.59. The highest BCUT2D eigenvalue weighted by Crippen LogP contribution is 2.32. The molecule has 1 aromatic heterocycles. The smallest absolute Gasteiger partial charge is 0.379 e. The third kappa shape index (κ3) is 6.44. The van der Waals surface area contributed by atoms with Crippen LogP contribution in [-0.4, -0.2) is 71.3 Å². The Balaban J connectivity index is 1.73. The lowest BCUT2D eigenvalue weighted by molar-refractivity contribution is -0.138. The largest absolute Gasteiger partial charge is 0.416 e. The highest BCUT2D eigenvalue weighted by molar-refractivity contribution is 5.74. The van der Waals surface area contributed by atoms with Gasteiger partial charge in [-0.05, 0) is 18.6 Å². The average molecular weight is 439 g/mol. The highest BCUT2D eigenvalue weighted by Gasteiger charge is 2.33. The van der Waals surface area contributed by atoms with Crippen molar-refractivity contribution in [1.82, 2.24) is 24.7 Å². The van der Waals surface area contributed by atoms with Crippen LogP contribution < -0.4 is 5.32 Å². The van der Waals surface area contributed by atoms with Crippen LogP contribution in [0.1, 0.15) is 23.9 Å². The number of rotatable bonds is 8. The number of carbonyl (C=O) groups excluding carboxylic acids is 1. The molecular formula is C21H28F3N5O2. The lowest BCUT2D eigenvalue weighted by Gasteiger charge is -2.30. The summed E-state index contributed by atoms with van der Waals surface area (Å²) in [6.07, 6.45) is -1.24. The van der Waals surface area contributed by atoms with Gasteiger partial charge < -0.3 is 19.5 Å². The number of ether oxygens (including phenoxy) is 1. The van der Waals surface area contributed by atoms with Gasteiger partial charge in [-0.3, -0.25) is 4.90 Å². The van der Waals surface area contributed by atoms with Crippen molar-refractivity contribution in [3.05, 3.63) is 53.6 Å². The zero-order chi connectivity index (χ0) is 22.3. The van der Waals surface area contributed by atoms with Crippen LogP contribution in [0.3, 0.4) is 0 Å². The summed E-state index contributed by atoms with van der Waals surface area (Å²) in [6, 6.07) is 5.29. The number of alkyl halides is 3. The third-order valence-corrected chi connectivity index (χ3v) is 5.20.